The summed E-state index contributed by atoms with van der Waals surface area (Å²) in [5.41, 5.74) is 0. The Labute approximate surface area is 87.6 Å². The fraction of sp³-hybridized carbons (Fsp3) is 0.667. The first-order valence-electron chi connectivity index (χ1n) is 4.96. The molecule has 0 aromatic carbocycles. The zero-order valence-corrected chi connectivity index (χ0v) is 8.59. The van der Waals surface area contributed by atoms with Crippen molar-refractivity contribution in [3.8, 4) is 0 Å². The minimum Gasteiger partial charge on any atom is -0.468 e. The lowest BCUT2D eigenvalue weighted by atomic mass is 9.99. The fourth-order valence-electron chi connectivity index (χ4n) is 1.89. The summed E-state index contributed by atoms with van der Waals surface area (Å²) in [6.45, 7) is 0.808. The Morgan fingerprint density at radius 1 is 1.53 bits per heavy atom. The number of nitrogens with one attached hydrogen (secondary N) is 1. The minimum absolute atomic E-state index is 0.201. The van der Waals surface area contributed by atoms with Gasteiger partial charge in [-0.2, -0.15) is 0 Å². The molecule has 2 heterocycles. The monoisotopic (exact) mass is 210 g/mol. The second-order valence-corrected chi connectivity index (χ2v) is 3.62. The quantitative estimate of drug-likeness (QED) is 0.681. The van der Waals surface area contributed by atoms with E-state index >= 15 is 0 Å². The number of carbonyl (C=O) groups is 1. The molecule has 0 saturated carbocycles. The van der Waals surface area contributed by atoms with Crippen LogP contribution in [0, 0.1) is 0 Å². The molecule has 0 bridgehead atoms. The van der Waals surface area contributed by atoms with E-state index in [2.05, 4.69) is 15.5 Å². The molecular weight excluding hydrogens is 196 g/mol. The van der Waals surface area contributed by atoms with Crippen molar-refractivity contribution < 1.29 is 9.53 Å². The van der Waals surface area contributed by atoms with Gasteiger partial charge in [-0.1, -0.05) is 0 Å². The molecule has 6 nitrogen and oxygen atoms in total. The van der Waals surface area contributed by atoms with E-state index in [9.17, 15) is 4.79 Å². The van der Waals surface area contributed by atoms with Gasteiger partial charge in [-0.25, -0.2) is 0 Å². The summed E-state index contributed by atoms with van der Waals surface area (Å²) >= 11 is 0. The standard InChI is InChI=1S/C9H14N4O2/c1-15-9(14)8-4-7(2-3-10-8)13-5-11-12-6-13/h5-8,10H,2-4H2,1H3. The Morgan fingerprint density at radius 3 is 2.93 bits per heavy atom. The highest BCUT2D eigenvalue weighted by atomic mass is 16.5. The Hall–Kier alpha value is -1.43. The Kier molecular flexibility index (Phi) is 2.96. The second-order valence-electron chi connectivity index (χ2n) is 3.62. The lowest BCUT2D eigenvalue weighted by Gasteiger charge is -2.28. The molecule has 1 aliphatic heterocycles. The van der Waals surface area contributed by atoms with Crippen LogP contribution >= 0.6 is 0 Å². The van der Waals surface area contributed by atoms with E-state index < -0.39 is 0 Å². The minimum atomic E-state index is -0.212. The summed E-state index contributed by atoms with van der Waals surface area (Å²) in [5.74, 6) is -0.201. The van der Waals surface area contributed by atoms with Crippen molar-refractivity contribution in [1.29, 1.82) is 0 Å². The molecule has 1 saturated heterocycles. The summed E-state index contributed by atoms with van der Waals surface area (Å²) in [6, 6.07) is 0.0708. The third-order valence-electron chi connectivity index (χ3n) is 2.72. The molecule has 2 rings (SSSR count). The number of carbonyl (C=O) groups excluding carboxylic acids is 1. The number of esters is 1. The molecule has 1 aliphatic rings. The van der Waals surface area contributed by atoms with Gasteiger partial charge in [-0.3, -0.25) is 4.79 Å². The molecule has 82 valence electrons. The summed E-state index contributed by atoms with van der Waals surface area (Å²) in [6.07, 6.45) is 5.07. The van der Waals surface area contributed by atoms with Gasteiger partial charge < -0.3 is 14.6 Å². The van der Waals surface area contributed by atoms with Gasteiger partial charge in [0, 0.05) is 6.04 Å². The van der Waals surface area contributed by atoms with Crippen molar-refractivity contribution in [1.82, 2.24) is 20.1 Å². The first-order chi connectivity index (χ1) is 7.31. The summed E-state index contributed by atoms with van der Waals surface area (Å²) in [4.78, 5) is 11.4. The molecule has 1 aromatic heterocycles. The van der Waals surface area contributed by atoms with E-state index in [0.29, 0.717) is 0 Å². The van der Waals surface area contributed by atoms with Crippen LogP contribution in [0.25, 0.3) is 0 Å². The third kappa shape index (κ3) is 2.15. The van der Waals surface area contributed by atoms with Gasteiger partial charge in [0.05, 0.1) is 7.11 Å². The van der Waals surface area contributed by atoms with Gasteiger partial charge >= 0.3 is 5.97 Å². The lowest BCUT2D eigenvalue weighted by Crippen LogP contribution is -2.44. The molecule has 6 heteroatoms. The topological polar surface area (TPSA) is 69.0 Å². The van der Waals surface area contributed by atoms with Crippen LogP contribution in [0.1, 0.15) is 18.9 Å². The van der Waals surface area contributed by atoms with E-state index in [4.69, 9.17) is 4.74 Å². The molecule has 0 radical (unpaired) electrons. The number of methoxy groups -OCH3 is 1. The highest BCUT2D eigenvalue weighted by Gasteiger charge is 2.28. The number of ether oxygens (including phenoxy) is 1. The first-order valence-corrected chi connectivity index (χ1v) is 4.96. The highest BCUT2D eigenvalue weighted by molar-refractivity contribution is 5.75. The number of aromatic nitrogens is 3. The molecule has 15 heavy (non-hydrogen) atoms. The number of hydrogen-bond acceptors (Lipinski definition) is 5. The van der Waals surface area contributed by atoms with Crippen molar-refractivity contribution in [2.45, 2.75) is 24.9 Å². The molecule has 0 spiro atoms. The normalized spacial score (nSPS) is 26.2. The van der Waals surface area contributed by atoms with Crippen LogP contribution in [0.5, 0.6) is 0 Å². The molecule has 1 N–H and O–H groups in total. The molecule has 2 unspecified atom stereocenters. The number of nitrogens with zero attached hydrogens (tertiary/aromatic N) is 3. The van der Waals surface area contributed by atoms with Gasteiger partial charge in [-0.15, -0.1) is 10.2 Å². The summed E-state index contributed by atoms with van der Waals surface area (Å²) in [7, 11) is 1.41. The maximum Gasteiger partial charge on any atom is 0.322 e. The largest absolute Gasteiger partial charge is 0.468 e. The maximum absolute atomic E-state index is 11.4. The molecule has 0 amide bonds. The van der Waals surface area contributed by atoms with Crippen molar-refractivity contribution >= 4 is 5.97 Å². The van der Waals surface area contributed by atoms with E-state index in [1.807, 2.05) is 4.57 Å². The van der Waals surface area contributed by atoms with Crippen LogP contribution in [-0.4, -0.2) is 40.4 Å². The van der Waals surface area contributed by atoms with Crippen LogP contribution in [0.3, 0.4) is 0 Å². The van der Waals surface area contributed by atoms with Crippen LogP contribution < -0.4 is 5.32 Å². The van der Waals surface area contributed by atoms with Crippen LogP contribution in [0.2, 0.25) is 0 Å². The second kappa shape index (κ2) is 4.39. The highest BCUT2D eigenvalue weighted by Crippen LogP contribution is 2.21. The lowest BCUT2D eigenvalue weighted by molar-refractivity contribution is -0.144. The average Bonchev–Trinajstić information content (AvgIpc) is 2.82. The van der Waals surface area contributed by atoms with E-state index in [0.717, 1.165) is 19.4 Å². The molecule has 1 aromatic rings. The van der Waals surface area contributed by atoms with Crippen molar-refractivity contribution in [2.75, 3.05) is 13.7 Å². The van der Waals surface area contributed by atoms with Gasteiger partial charge in [0.15, 0.2) is 0 Å². The van der Waals surface area contributed by atoms with Crippen molar-refractivity contribution in [3.63, 3.8) is 0 Å². The molecule has 2 atom stereocenters. The number of piperidine rings is 1. The van der Waals surface area contributed by atoms with E-state index in [1.165, 1.54) is 7.11 Å². The molecule has 1 fully saturated rings. The van der Waals surface area contributed by atoms with Crippen LogP contribution in [-0.2, 0) is 9.53 Å². The Bertz CT molecular complexity index is 325. The van der Waals surface area contributed by atoms with E-state index in [1.54, 1.807) is 12.7 Å². The first kappa shape index (κ1) is 10.1. The summed E-state index contributed by atoms with van der Waals surface area (Å²) < 4.78 is 6.65. The Morgan fingerprint density at radius 2 is 2.27 bits per heavy atom. The third-order valence-corrected chi connectivity index (χ3v) is 2.72. The molecular formula is C9H14N4O2. The summed E-state index contributed by atoms with van der Waals surface area (Å²) in [5, 5.41) is 10.7. The average molecular weight is 210 g/mol. The zero-order chi connectivity index (χ0) is 10.7. The Balaban J connectivity index is 2.01. The molecule has 0 aliphatic carbocycles. The maximum atomic E-state index is 11.4. The van der Waals surface area contributed by atoms with Gasteiger partial charge in [0.2, 0.25) is 0 Å². The number of rotatable bonds is 2. The number of hydrogen-bond donors (Lipinski definition) is 1. The van der Waals surface area contributed by atoms with Crippen LogP contribution in [0.15, 0.2) is 12.7 Å². The van der Waals surface area contributed by atoms with Crippen LogP contribution in [0.4, 0.5) is 0 Å². The van der Waals surface area contributed by atoms with E-state index in [-0.39, 0.29) is 18.1 Å². The fourth-order valence-corrected chi connectivity index (χ4v) is 1.89. The van der Waals surface area contributed by atoms with Gasteiger partial charge in [0.1, 0.15) is 18.7 Å². The predicted molar refractivity (Wildman–Crippen MR) is 52.1 cm³/mol. The smallest absolute Gasteiger partial charge is 0.322 e. The van der Waals surface area contributed by atoms with Gasteiger partial charge in [-0.05, 0) is 19.4 Å². The predicted octanol–water partition coefficient (Wildman–Crippen LogP) is -0.256. The SMILES string of the molecule is COC(=O)C1CC(n2cnnc2)CCN1. The zero-order valence-electron chi connectivity index (χ0n) is 8.59. The van der Waals surface area contributed by atoms with Crippen molar-refractivity contribution in [2.24, 2.45) is 0 Å². The van der Waals surface area contributed by atoms with Gasteiger partial charge in [0.25, 0.3) is 0 Å². The van der Waals surface area contributed by atoms with Crippen molar-refractivity contribution in [3.05, 3.63) is 12.7 Å².